The van der Waals surface area contributed by atoms with Crippen LogP contribution in [0, 0.1) is 0 Å². The SMILES string of the molecule is CNCCC[Si](OC)(OC(C)C)OC(C)C. The molecule has 0 atom stereocenters. The maximum absolute atomic E-state index is 5.91. The van der Waals surface area contributed by atoms with E-state index >= 15 is 0 Å². The van der Waals surface area contributed by atoms with Gasteiger partial charge in [-0.1, -0.05) is 0 Å². The summed E-state index contributed by atoms with van der Waals surface area (Å²) in [5, 5.41) is 3.13. The lowest BCUT2D eigenvalue weighted by Crippen LogP contribution is -2.48. The van der Waals surface area contributed by atoms with E-state index < -0.39 is 8.80 Å². The first kappa shape index (κ1) is 16.1. The van der Waals surface area contributed by atoms with Crippen molar-refractivity contribution in [2.45, 2.75) is 52.4 Å². The molecule has 0 heterocycles. The maximum Gasteiger partial charge on any atom is 0.501 e. The lowest BCUT2D eigenvalue weighted by molar-refractivity contribution is 0.0325. The topological polar surface area (TPSA) is 39.7 Å². The zero-order valence-electron chi connectivity index (χ0n) is 11.5. The summed E-state index contributed by atoms with van der Waals surface area (Å²) < 4.78 is 17.4. The van der Waals surface area contributed by atoms with E-state index in [-0.39, 0.29) is 12.2 Å². The predicted molar refractivity (Wildman–Crippen MR) is 68.6 cm³/mol. The summed E-state index contributed by atoms with van der Waals surface area (Å²) in [6.07, 6.45) is 1.29. The molecule has 16 heavy (non-hydrogen) atoms. The van der Waals surface area contributed by atoms with Crippen molar-refractivity contribution in [3.05, 3.63) is 0 Å². The molecular formula is C11H27NO3Si. The molecule has 0 aliphatic heterocycles. The number of hydrogen-bond acceptors (Lipinski definition) is 4. The first-order valence-electron chi connectivity index (χ1n) is 6.01. The minimum Gasteiger partial charge on any atom is -0.377 e. The van der Waals surface area contributed by atoms with Crippen LogP contribution in [0.1, 0.15) is 34.1 Å². The van der Waals surface area contributed by atoms with Crippen LogP contribution in [0.5, 0.6) is 0 Å². The molecular weight excluding hydrogens is 222 g/mol. The molecule has 0 fully saturated rings. The predicted octanol–water partition coefficient (Wildman–Crippen LogP) is 2.03. The second-order valence-corrected chi connectivity index (χ2v) is 7.17. The maximum atomic E-state index is 5.91. The van der Waals surface area contributed by atoms with Crippen LogP contribution in [0.15, 0.2) is 0 Å². The van der Waals surface area contributed by atoms with Crippen molar-refractivity contribution in [3.63, 3.8) is 0 Å². The van der Waals surface area contributed by atoms with Crippen molar-refractivity contribution in [2.24, 2.45) is 0 Å². The van der Waals surface area contributed by atoms with Crippen LogP contribution in [0.2, 0.25) is 6.04 Å². The standard InChI is InChI=1S/C11H27NO3Si/c1-10(2)14-16(13-6,15-11(3)4)9-7-8-12-5/h10-12H,7-9H2,1-6H3. The van der Waals surface area contributed by atoms with Crippen molar-refractivity contribution >= 4 is 8.80 Å². The van der Waals surface area contributed by atoms with Gasteiger partial charge in [0.15, 0.2) is 0 Å². The fourth-order valence-corrected chi connectivity index (χ4v) is 4.28. The highest BCUT2D eigenvalue weighted by molar-refractivity contribution is 6.60. The molecule has 0 saturated carbocycles. The van der Waals surface area contributed by atoms with Gasteiger partial charge in [-0.2, -0.15) is 0 Å². The van der Waals surface area contributed by atoms with E-state index in [4.69, 9.17) is 13.3 Å². The highest BCUT2D eigenvalue weighted by Crippen LogP contribution is 2.20. The van der Waals surface area contributed by atoms with E-state index in [0.29, 0.717) is 0 Å². The average molecular weight is 249 g/mol. The van der Waals surface area contributed by atoms with Gasteiger partial charge in [0.05, 0.1) is 0 Å². The minimum atomic E-state index is -2.47. The van der Waals surface area contributed by atoms with Crippen LogP contribution >= 0.6 is 0 Å². The molecule has 0 aromatic heterocycles. The van der Waals surface area contributed by atoms with Crippen molar-refractivity contribution in [1.29, 1.82) is 0 Å². The Morgan fingerprint density at radius 2 is 1.56 bits per heavy atom. The molecule has 0 aromatic rings. The molecule has 0 spiro atoms. The Labute approximate surface area is 101 Å². The highest BCUT2D eigenvalue weighted by Gasteiger charge is 2.41. The summed E-state index contributed by atoms with van der Waals surface area (Å²) in [5.74, 6) is 0. The monoisotopic (exact) mass is 249 g/mol. The molecule has 0 unspecified atom stereocenters. The summed E-state index contributed by atoms with van der Waals surface area (Å²) in [5.41, 5.74) is 0. The molecule has 5 heteroatoms. The molecule has 0 rings (SSSR count). The van der Waals surface area contributed by atoms with Crippen LogP contribution in [0.4, 0.5) is 0 Å². The van der Waals surface area contributed by atoms with E-state index in [1.807, 2.05) is 34.7 Å². The van der Waals surface area contributed by atoms with Gasteiger partial charge >= 0.3 is 8.80 Å². The second kappa shape index (κ2) is 8.19. The summed E-state index contributed by atoms with van der Waals surface area (Å²) in [6.45, 7) is 9.02. The molecule has 0 bridgehead atoms. The van der Waals surface area contributed by atoms with Crippen LogP contribution in [0.3, 0.4) is 0 Å². The van der Waals surface area contributed by atoms with Gasteiger partial charge in [-0.3, -0.25) is 0 Å². The molecule has 0 saturated heterocycles. The third-order valence-corrected chi connectivity index (χ3v) is 5.30. The van der Waals surface area contributed by atoms with Crippen LogP contribution in [-0.4, -0.2) is 41.7 Å². The second-order valence-electron chi connectivity index (χ2n) is 4.43. The normalized spacial score (nSPS) is 12.8. The zero-order chi connectivity index (χ0) is 12.6. The largest absolute Gasteiger partial charge is 0.501 e. The first-order valence-corrected chi connectivity index (χ1v) is 7.94. The fourth-order valence-electron chi connectivity index (χ4n) is 1.54. The lowest BCUT2D eigenvalue weighted by Gasteiger charge is -2.31. The van der Waals surface area contributed by atoms with Crippen molar-refractivity contribution in [3.8, 4) is 0 Å². The Kier molecular flexibility index (Phi) is 8.22. The zero-order valence-corrected chi connectivity index (χ0v) is 12.5. The minimum absolute atomic E-state index is 0.139. The summed E-state index contributed by atoms with van der Waals surface area (Å²) in [7, 11) is 1.17. The van der Waals surface area contributed by atoms with Crippen molar-refractivity contribution in [2.75, 3.05) is 20.7 Å². The number of nitrogens with one attached hydrogen (secondary N) is 1. The van der Waals surface area contributed by atoms with Crippen molar-refractivity contribution < 1.29 is 13.3 Å². The Bertz CT molecular complexity index is 167. The average Bonchev–Trinajstić information content (AvgIpc) is 2.16. The Morgan fingerprint density at radius 1 is 1.06 bits per heavy atom. The van der Waals surface area contributed by atoms with E-state index in [2.05, 4.69) is 5.32 Å². The van der Waals surface area contributed by atoms with Gasteiger partial charge in [0.25, 0.3) is 0 Å². The Morgan fingerprint density at radius 3 is 1.88 bits per heavy atom. The molecule has 0 amide bonds. The van der Waals surface area contributed by atoms with E-state index in [9.17, 15) is 0 Å². The van der Waals surface area contributed by atoms with Gasteiger partial charge < -0.3 is 18.6 Å². The smallest absolute Gasteiger partial charge is 0.377 e. The highest BCUT2D eigenvalue weighted by atomic mass is 28.4. The molecule has 0 aromatic carbocycles. The summed E-state index contributed by atoms with van der Waals surface area (Å²) in [6, 6.07) is 0.862. The molecule has 1 N–H and O–H groups in total. The van der Waals surface area contributed by atoms with E-state index in [1.165, 1.54) is 0 Å². The van der Waals surface area contributed by atoms with Gasteiger partial charge in [0.2, 0.25) is 0 Å². The van der Waals surface area contributed by atoms with E-state index in [0.717, 1.165) is 19.0 Å². The van der Waals surface area contributed by atoms with Gasteiger partial charge in [-0.15, -0.1) is 0 Å². The van der Waals surface area contributed by atoms with Gasteiger partial charge in [-0.05, 0) is 47.7 Å². The van der Waals surface area contributed by atoms with Crippen molar-refractivity contribution in [1.82, 2.24) is 5.32 Å². The number of rotatable bonds is 9. The van der Waals surface area contributed by atoms with Gasteiger partial charge in [-0.25, -0.2) is 0 Å². The molecule has 0 aliphatic carbocycles. The first-order chi connectivity index (χ1) is 7.45. The van der Waals surface area contributed by atoms with Gasteiger partial charge in [0.1, 0.15) is 0 Å². The lowest BCUT2D eigenvalue weighted by atomic mass is 10.5. The quantitative estimate of drug-likeness (QED) is 0.501. The Balaban J connectivity index is 4.40. The summed E-state index contributed by atoms with van der Waals surface area (Å²) >= 11 is 0. The molecule has 0 aliphatic rings. The van der Waals surface area contributed by atoms with Crippen LogP contribution in [-0.2, 0) is 13.3 Å². The molecule has 0 radical (unpaired) electrons. The third-order valence-electron chi connectivity index (χ3n) is 2.05. The fraction of sp³-hybridized carbons (Fsp3) is 1.00. The van der Waals surface area contributed by atoms with Crippen LogP contribution in [0.25, 0.3) is 0 Å². The number of hydrogen-bond donors (Lipinski definition) is 1. The summed E-state index contributed by atoms with van der Waals surface area (Å²) in [4.78, 5) is 0. The van der Waals surface area contributed by atoms with E-state index in [1.54, 1.807) is 7.11 Å². The molecule has 4 nitrogen and oxygen atoms in total. The Hall–Kier alpha value is 0.0569. The third kappa shape index (κ3) is 6.60. The van der Waals surface area contributed by atoms with Gasteiger partial charge in [0, 0.05) is 25.4 Å². The van der Waals surface area contributed by atoms with Crippen LogP contribution < -0.4 is 5.32 Å². The molecule has 98 valence electrons.